The molecular weight excluding hydrogens is 1020 g/mol. The van der Waals surface area contributed by atoms with Gasteiger partial charge in [-0.1, -0.05) is 295 Å². The van der Waals surface area contributed by atoms with E-state index in [9.17, 15) is 19.0 Å². The molecule has 0 spiro atoms. The van der Waals surface area contributed by atoms with Crippen LogP contribution in [0.25, 0.3) is 0 Å². The van der Waals surface area contributed by atoms with Gasteiger partial charge >= 0.3 is 13.8 Å². The van der Waals surface area contributed by atoms with E-state index in [0.29, 0.717) is 23.9 Å². The number of allylic oxidation sites excluding steroid dienone is 5. The molecule has 10 heteroatoms. The van der Waals surface area contributed by atoms with Crippen molar-refractivity contribution in [3.63, 3.8) is 0 Å². The summed E-state index contributed by atoms with van der Waals surface area (Å²) >= 11 is 0. The maximum Gasteiger partial charge on any atom is 0.472 e. The topological polar surface area (TPSA) is 111 Å². The number of phosphoric ester groups is 1. The van der Waals surface area contributed by atoms with E-state index in [1.807, 2.05) is 33.3 Å². The molecular formula is C71H138N2O7P+. The predicted octanol–water partition coefficient (Wildman–Crippen LogP) is 22.2. The van der Waals surface area contributed by atoms with E-state index in [1.165, 1.54) is 263 Å². The Morgan fingerprint density at radius 3 is 1.05 bits per heavy atom. The van der Waals surface area contributed by atoms with Gasteiger partial charge in [0.05, 0.1) is 33.8 Å². The minimum absolute atomic E-state index is 0.0424. The summed E-state index contributed by atoms with van der Waals surface area (Å²) in [6.45, 7) is 7.06. The fraction of sp³-hybridized carbons (Fsp3) is 0.887. The first kappa shape index (κ1) is 79.2. The summed E-state index contributed by atoms with van der Waals surface area (Å²) in [5, 5.41) is 3.08. The van der Waals surface area contributed by atoms with Gasteiger partial charge in [0.15, 0.2) is 0 Å². The molecule has 3 atom stereocenters. The van der Waals surface area contributed by atoms with Crippen molar-refractivity contribution in [1.29, 1.82) is 0 Å². The number of nitrogens with zero attached hydrogens (tertiary/aromatic N) is 1. The second-order valence-corrected chi connectivity index (χ2v) is 26.9. The zero-order valence-corrected chi connectivity index (χ0v) is 55.7. The van der Waals surface area contributed by atoms with Crippen molar-refractivity contribution < 1.29 is 37.3 Å². The number of rotatable bonds is 65. The molecule has 0 saturated heterocycles. The highest BCUT2D eigenvalue weighted by Gasteiger charge is 2.30. The van der Waals surface area contributed by atoms with E-state index in [1.54, 1.807) is 0 Å². The maximum absolute atomic E-state index is 13.6. The molecule has 1 amide bonds. The average Bonchev–Trinajstić information content (AvgIpc) is 3.44. The smallest absolute Gasteiger partial charge is 0.456 e. The van der Waals surface area contributed by atoms with Gasteiger partial charge in [-0.2, -0.15) is 0 Å². The molecule has 0 radical (unpaired) electrons. The highest BCUT2D eigenvalue weighted by molar-refractivity contribution is 7.47. The van der Waals surface area contributed by atoms with Gasteiger partial charge < -0.3 is 19.4 Å². The number of quaternary nitrogens is 1. The number of phosphoric acid groups is 1. The van der Waals surface area contributed by atoms with E-state index in [2.05, 4.69) is 50.4 Å². The molecule has 0 aliphatic heterocycles. The Bertz CT molecular complexity index is 1480. The summed E-state index contributed by atoms with van der Waals surface area (Å²) in [6, 6.07) is -0.847. The number of carbonyl (C=O) groups excluding carboxylic acids is 2. The molecule has 0 rings (SSSR count). The third kappa shape index (κ3) is 62.6. The monoisotopic (exact) mass is 1160 g/mol. The lowest BCUT2D eigenvalue weighted by Crippen LogP contribution is -2.47. The van der Waals surface area contributed by atoms with Gasteiger partial charge in [0.1, 0.15) is 19.3 Å². The molecule has 0 bridgehead atoms. The number of likely N-dealkylation sites (N-methyl/N-ethyl adjacent to an activating group) is 1. The molecule has 0 aromatic carbocycles. The first-order valence-corrected chi connectivity index (χ1v) is 36.8. The minimum Gasteiger partial charge on any atom is -0.456 e. The quantitative estimate of drug-likeness (QED) is 0.0205. The lowest BCUT2D eigenvalue weighted by Gasteiger charge is -2.27. The lowest BCUT2D eigenvalue weighted by molar-refractivity contribution is -0.870. The summed E-state index contributed by atoms with van der Waals surface area (Å²) < 4.78 is 30.8. The number of unbranched alkanes of at least 4 members (excludes halogenated alkanes) is 45. The van der Waals surface area contributed by atoms with Crippen LogP contribution < -0.4 is 5.32 Å². The zero-order valence-electron chi connectivity index (χ0n) is 54.8. The Labute approximate surface area is 504 Å². The molecule has 478 valence electrons. The predicted molar refractivity (Wildman–Crippen MR) is 351 cm³/mol. The van der Waals surface area contributed by atoms with Crippen molar-refractivity contribution in [1.82, 2.24) is 5.32 Å². The van der Waals surface area contributed by atoms with Crippen LogP contribution in [0, 0.1) is 0 Å². The van der Waals surface area contributed by atoms with Crippen LogP contribution in [0.2, 0.25) is 0 Å². The summed E-state index contributed by atoms with van der Waals surface area (Å²) in [7, 11) is 1.51. The Balaban J connectivity index is 5.12. The highest BCUT2D eigenvalue weighted by Crippen LogP contribution is 2.43. The van der Waals surface area contributed by atoms with E-state index >= 15 is 0 Å². The Morgan fingerprint density at radius 2 is 0.716 bits per heavy atom. The summed E-state index contributed by atoms with van der Waals surface area (Å²) in [5.74, 6) is -0.489. The Hall–Kier alpha value is -1.77. The number of carbonyl (C=O) groups is 2. The minimum atomic E-state index is -4.45. The van der Waals surface area contributed by atoms with Gasteiger partial charge in [-0.25, -0.2) is 4.57 Å². The van der Waals surface area contributed by atoms with Crippen molar-refractivity contribution in [2.75, 3.05) is 40.9 Å². The molecule has 2 N–H and O–H groups in total. The van der Waals surface area contributed by atoms with Gasteiger partial charge in [0.2, 0.25) is 5.91 Å². The molecule has 0 aliphatic rings. The average molecular weight is 1160 g/mol. The Morgan fingerprint density at radius 1 is 0.420 bits per heavy atom. The standard InChI is InChI=1S/C71H137N2O7P/c1-7-10-13-16-19-22-25-28-30-32-34-36-38-40-42-45-48-51-54-57-60-63-70(74)72-68(67-79-81(76,77)78-66-65-73(4,5)6)69(62-59-56-53-50-47-44-27-24-21-18-15-12-9-3)80-71(75)64-61-58-55-52-49-46-43-41-39-37-35-33-31-29-26-23-20-17-14-11-8-2/h28-31,59,62,68-69H,7-27,32-58,60-61,63-67H2,1-6H3,(H-,72,74,76,77)/p+1/b30-28+,31-29+,62-59+. The number of ether oxygens (including phenoxy) is 1. The molecule has 0 heterocycles. The van der Waals surface area contributed by atoms with Crippen LogP contribution in [0.15, 0.2) is 36.5 Å². The molecule has 9 nitrogen and oxygen atoms in total. The second kappa shape index (κ2) is 61.3. The van der Waals surface area contributed by atoms with Crippen LogP contribution >= 0.6 is 7.82 Å². The number of hydrogen-bond donors (Lipinski definition) is 2. The number of hydrogen-bond acceptors (Lipinski definition) is 6. The maximum atomic E-state index is 13.6. The third-order valence-corrected chi connectivity index (χ3v) is 17.0. The molecule has 0 fully saturated rings. The van der Waals surface area contributed by atoms with Crippen molar-refractivity contribution in [2.24, 2.45) is 0 Å². The van der Waals surface area contributed by atoms with E-state index < -0.39 is 20.0 Å². The van der Waals surface area contributed by atoms with E-state index in [-0.39, 0.29) is 25.1 Å². The summed E-state index contributed by atoms with van der Waals surface area (Å²) in [4.78, 5) is 37.9. The SMILES string of the molecule is CCCCCCCC/C=C/CCCCCCCCCCCCCC(=O)NC(COP(=O)(O)OCC[N+](C)(C)C)C(/C=C/CCCCCCCCCCCCC)OC(=O)CCCCCCCCCCCCC/C=C/CCCCCCCC. The second-order valence-electron chi connectivity index (χ2n) is 25.4. The molecule has 0 aliphatic carbocycles. The fourth-order valence-corrected chi connectivity index (χ4v) is 11.3. The molecule has 0 aromatic heterocycles. The third-order valence-electron chi connectivity index (χ3n) is 16.1. The van der Waals surface area contributed by atoms with Gasteiger partial charge in [-0.05, 0) is 83.1 Å². The van der Waals surface area contributed by atoms with E-state index in [4.69, 9.17) is 13.8 Å². The van der Waals surface area contributed by atoms with Crippen molar-refractivity contribution >= 4 is 19.7 Å². The highest BCUT2D eigenvalue weighted by atomic mass is 31.2. The molecule has 81 heavy (non-hydrogen) atoms. The molecule has 3 unspecified atom stereocenters. The largest absolute Gasteiger partial charge is 0.472 e. The van der Waals surface area contributed by atoms with Crippen LogP contribution in [0.5, 0.6) is 0 Å². The van der Waals surface area contributed by atoms with Crippen molar-refractivity contribution in [2.45, 2.75) is 367 Å². The van der Waals surface area contributed by atoms with Crippen LogP contribution in [0.1, 0.15) is 355 Å². The van der Waals surface area contributed by atoms with Gasteiger partial charge in [-0.15, -0.1) is 0 Å². The summed E-state index contributed by atoms with van der Waals surface area (Å²) in [6.07, 6.45) is 75.8. The van der Waals surface area contributed by atoms with Gasteiger partial charge in [-0.3, -0.25) is 18.6 Å². The van der Waals surface area contributed by atoms with Crippen molar-refractivity contribution in [3.05, 3.63) is 36.5 Å². The first-order valence-electron chi connectivity index (χ1n) is 35.3. The van der Waals surface area contributed by atoms with Crippen LogP contribution in [0.3, 0.4) is 0 Å². The number of nitrogens with one attached hydrogen (secondary N) is 1. The zero-order chi connectivity index (χ0) is 59.3. The van der Waals surface area contributed by atoms with Gasteiger partial charge in [0.25, 0.3) is 0 Å². The first-order chi connectivity index (χ1) is 39.4. The number of esters is 1. The Kier molecular flexibility index (Phi) is 60.0. The van der Waals surface area contributed by atoms with E-state index in [0.717, 1.165) is 57.8 Å². The number of amides is 1. The summed E-state index contributed by atoms with van der Waals surface area (Å²) in [5.41, 5.74) is 0. The molecule has 0 saturated carbocycles. The van der Waals surface area contributed by atoms with Crippen molar-refractivity contribution in [3.8, 4) is 0 Å². The van der Waals surface area contributed by atoms with Crippen LogP contribution in [-0.2, 0) is 27.9 Å². The fourth-order valence-electron chi connectivity index (χ4n) is 10.6. The van der Waals surface area contributed by atoms with Crippen LogP contribution in [-0.4, -0.2) is 74.3 Å². The lowest BCUT2D eigenvalue weighted by atomic mass is 10.0. The van der Waals surface area contributed by atoms with Gasteiger partial charge in [0, 0.05) is 12.8 Å². The van der Waals surface area contributed by atoms with Crippen LogP contribution in [0.4, 0.5) is 0 Å². The molecule has 0 aromatic rings. The normalized spacial score (nSPS) is 13.7.